The standard InChI is InChI=1S/C13H11N3O/c1-17-12-6-2-4-10(8-12)15-13-7-3-5-11(9-14)16-13/h2-8H,1H3,(H,15,16). The molecule has 0 saturated heterocycles. The average Bonchev–Trinajstić information content (AvgIpc) is 2.39. The summed E-state index contributed by atoms with van der Waals surface area (Å²) in [5.41, 5.74) is 1.25. The van der Waals surface area contributed by atoms with Gasteiger partial charge in [0.15, 0.2) is 0 Å². The quantitative estimate of drug-likeness (QED) is 0.872. The summed E-state index contributed by atoms with van der Waals surface area (Å²) in [5.74, 6) is 1.41. The van der Waals surface area contributed by atoms with E-state index in [2.05, 4.69) is 10.3 Å². The predicted molar refractivity (Wildman–Crippen MR) is 65.2 cm³/mol. The molecule has 1 N–H and O–H groups in total. The van der Waals surface area contributed by atoms with E-state index in [0.29, 0.717) is 11.5 Å². The summed E-state index contributed by atoms with van der Waals surface area (Å²) in [7, 11) is 1.62. The fourth-order valence-corrected chi connectivity index (χ4v) is 1.42. The molecule has 1 heterocycles. The van der Waals surface area contributed by atoms with Crippen LogP contribution in [0.25, 0.3) is 0 Å². The van der Waals surface area contributed by atoms with Crippen LogP contribution in [0.5, 0.6) is 5.75 Å². The summed E-state index contributed by atoms with van der Waals surface area (Å²) in [6.07, 6.45) is 0. The van der Waals surface area contributed by atoms with E-state index >= 15 is 0 Å². The maximum absolute atomic E-state index is 8.75. The van der Waals surface area contributed by atoms with Gasteiger partial charge in [0.2, 0.25) is 0 Å². The Morgan fingerprint density at radius 2 is 2.06 bits per heavy atom. The molecule has 1 aromatic heterocycles. The van der Waals surface area contributed by atoms with Crippen LogP contribution < -0.4 is 10.1 Å². The first-order valence-corrected chi connectivity index (χ1v) is 5.10. The number of rotatable bonds is 3. The molecule has 0 spiro atoms. The lowest BCUT2D eigenvalue weighted by Crippen LogP contribution is -1.95. The van der Waals surface area contributed by atoms with Gasteiger partial charge in [-0.25, -0.2) is 4.98 Å². The Hall–Kier alpha value is -2.54. The van der Waals surface area contributed by atoms with Gasteiger partial charge in [0, 0.05) is 11.8 Å². The molecule has 0 radical (unpaired) electrons. The van der Waals surface area contributed by atoms with Crippen LogP contribution in [-0.4, -0.2) is 12.1 Å². The van der Waals surface area contributed by atoms with Crippen molar-refractivity contribution in [2.75, 3.05) is 12.4 Å². The van der Waals surface area contributed by atoms with Crippen LogP contribution in [0.1, 0.15) is 5.69 Å². The first-order chi connectivity index (χ1) is 8.31. The molecule has 84 valence electrons. The fourth-order valence-electron chi connectivity index (χ4n) is 1.42. The Bertz CT molecular complexity index is 561. The van der Waals surface area contributed by atoms with Crippen LogP contribution in [0.3, 0.4) is 0 Å². The topological polar surface area (TPSA) is 57.9 Å². The van der Waals surface area contributed by atoms with Crippen molar-refractivity contribution in [2.45, 2.75) is 0 Å². The minimum atomic E-state index is 0.387. The number of aromatic nitrogens is 1. The first-order valence-electron chi connectivity index (χ1n) is 5.10. The van der Waals surface area contributed by atoms with E-state index in [0.717, 1.165) is 11.4 Å². The van der Waals surface area contributed by atoms with E-state index in [1.807, 2.05) is 30.3 Å². The van der Waals surface area contributed by atoms with Crippen LogP contribution in [0.15, 0.2) is 42.5 Å². The molecule has 2 aromatic rings. The molecule has 0 fully saturated rings. The van der Waals surface area contributed by atoms with Gasteiger partial charge in [-0.1, -0.05) is 12.1 Å². The number of anilines is 2. The second-order valence-electron chi connectivity index (χ2n) is 3.38. The van der Waals surface area contributed by atoms with Gasteiger partial charge in [0.25, 0.3) is 0 Å². The molecular weight excluding hydrogens is 214 g/mol. The highest BCUT2D eigenvalue weighted by molar-refractivity contribution is 5.58. The van der Waals surface area contributed by atoms with E-state index in [1.54, 1.807) is 25.3 Å². The Morgan fingerprint density at radius 1 is 1.24 bits per heavy atom. The summed E-state index contributed by atoms with van der Waals surface area (Å²) in [6.45, 7) is 0. The van der Waals surface area contributed by atoms with Crippen molar-refractivity contribution in [1.29, 1.82) is 5.26 Å². The molecule has 0 saturated carbocycles. The minimum absolute atomic E-state index is 0.387. The molecule has 0 aliphatic carbocycles. The van der Waals surface area contributed by atoms with Crippen LogP contribution in [0.2, 0.25) is 0 Å². The Labute approximate surface area is 99.5 Å². The lowest BCUT2D eigenvalue weighted by atomic mass is 10.3. The van der Waals surface area contributed by atoms with Crippen LogP contribution >= 0.6 is 0 Å². The molecule has 4 nitrogen and oxygen atoms in total. The second-order valence-corrected chi connectivity index (χ2v) is 3.38. The third-order valence-electron chi connectivity index (χ3n) is 2.21. The SMILES string of the molecule is COc1cccc(Nc2cccc(C#N)n2)c1. The summed E-state index contributed by atoms with van der Waals surface area (Å²) < 4.78 is 5.12. The molecular formula is C13H11N3O. The molecule has 0 amide bonds. The molecule has 1 aromatic carbocycles. The molecule has 17 heavy (non-hydrogen) atoms. The number of nitrogens with zero attached hydrogens (tertiary/aromatic N) is 2. The van der Waals surface area contributed by atoms with Crippen molar-refractivity contribution in [3.63, 3.8) is 0 Å². The second kappa shape index (κ2) is 4.99. The average molecular weight is 225 g/mol. The smallest absolute Gasteiger partial charge is 0.142 e. The summed E-state index contributed by atoms with van der Waals surface area (Å²) in [6, 6.07) is 14.8. The Kier molecular flexibility index (Phi) is 3.22. The molecule has 0 unspecified atom stereocenters. The van der Waals surface area contributed by atoms with E-state index in [-0.39, 0.29) is 0 Å². The van der Waals surface area contributed by atoms with E-state index in [1.165, 1.54) is 0 Å². The van der Waals surface area contributed by atoms with Gasteiger partial charge in [0.1, 0.15) is 23.3 Å². The van der Waals surface area contributed by atoms with Gasteiger partial charge >= 0.3 is 0 Å². The highest BCUT2D eigenvalue weighted by Crippen LogP contribution is 2.20. The summed E-state index contributed by atoms with van der Waals surface area (Å²) >= 11 is 0. The number of methoxy groups -OCH3 is 1. The highest BCUT2D eigenvalue weighted by atomic mass is 16.5. The maximum Gasteiger partial charge on any atom is 0.142 e. The van der Waals surface area contributed by atoms with Crippen molar-refractivity contribution in [2.24, 2.45) is 0 Å². The summed E-state index contributed by atoms with van der Waals surface area (Å²) in [4.78, 5) is 4.13. The van der Waals surface area contributed by atoms with Crippen LogP contribution in [-0.2, 0) is 0 Å². The summed E-state index contributed by atoms with van der Waals surface area (Å²) in [5, 5.41) is 11.9. The van der Waals surface area contributed by atoms with E-state index < -0.39 is 0 Å². The monoisotopic (exact) mass is 225 g/mol. The largest absolute Gasteiger partial charge is 0.497 e. The van der Waals surface area contributed by atoms with Crippen LogP contribution in [0, 0.1) is 11.3 Å². The van der Waals surface area contributed by atoms with Crippen molar-refractivity contribution < 1.29 is 4.74 Å². The van der Waals surface area contributed by atoms with Crippen molar-refractivity contribution in [3.8, 4) is 11.8 Å². The zero-order valence-electron chi connectivity index (χ0n) is 9.34. The zero-order chi connectivity index (χ0) is 12.1. The van der Waals surface area contributed by atoms with Crippen molar-refractivity contribution in [3.05, 3.63) is 48.2 Å². The Morgan fingerprint density at radius 3 is 2.82 bits per heavy atom. The van der Waals surface area contributed by atoms with Gasteiger partial charge in [0.05, 0.1) is 7.11 Å². The first kappa shape index (κ1) is 11.0. The lowest BCUT2D eigenvalue weighted by Gasteiger charge is -2.07. The molecule has 0 aliphatic heterocycles. The molecule has 2 rings (SSSR count). The minimum Gasteiger partial charge on any atom is -0.497 e. The van der Waals surface area contributed by atoms with Crippen LogP contribution in [0.4, 0.5) is 11.5 Å². The number of nitrogens with one attached hydrogen (secondary N) is 1. The van der Waals surface area contributed by atoms with E-state index in [9.17, 15) is 0 Å². The predicted octanol–water partition coefficient (Wildman–Crippen LogP) is 2.71. The van der Waals surface area contributed by atoms with Gasteiger partial charge in [-0.05, 0) is 24.3 Å². The number of hydrogen-bond donors (Lipinski definition) is 1. The molecule has 0 bridgehead atoms. The molecule has 4 heteroatoms. The number of nitriles is 1. The van der Waals surface area contributed by atoms with Crippen molar-refractivity contribution in [1.82, 2.24) is 4.98 Å². The number of hydrogen-bond acceptors (Lipinski definition) is 4. The van der Waals surface area contributed by atoms with Gasteiger partial charge in [-0.15, -0.1) is 0 Å². The number of pyridine rings is 1. The molecule has 0 aliphatic rings. The van der Waals surface area contributed by atoms with Crippen molar-refractivity contribution >= 4 is 11.5 Å². The molecule has 0 atom stereocenters. The third kappa shape index (κ3) is 2.73. The lowest BCUT2D eigenvalue weighted by molar-refractivity contribution is 0.415. The highest BCUT2D eigenvalue weighted by Gasteiger charge is 1.99. The van der Waals surface area contributed by atoms with E-state index in [4.69, 9.17) is 10.00 Å². The Balaban J connectivity index is 2.22. The van der Waals surface area contributed by atoms with Gasteiger partial charge in [-0.3, -0.25) is 0 Å². The number of benzene rings is 1. The van der Waals surface area contributed by atoms with Gasteiger partial charge < -0.3 is 10.1 Å². The third-order valence-corrected chi connectivity index (χ3v) is 2.21. The normalized spacial score (nSPS) is 9.41. The fraction of sp³-hybridized carbons (Fsp3) is 0.0769. The number of ether oxygens (including phenoxy) is 1. The van der Waals surface area contributed by atoms with Gasteiger partial charge in [-0.2, -0.15) is 5.26 Å². The zero-order valence-corrected chi connectivity index (χ0v) is 9.34. The maximum atomic E-state index is 8.75.